The predicted molar refractivity (Wildman–Crippen MR) is 281 cm³/mol. The zero-order valence-electron chi connectivity index (χ0n) is 42.8. The van der Waals surface area contributed by atoms with Gasteiger partial charge in [-0.2, -0.15) is 9.29 Å². The third kappa shape index (κ3) is 32.1. The molecule has 8 atom stereocenters. The highest BCUT2D eigenvalue weighted by molar-refractivity contribution is 7.61. The Bertz CT molecular complexity index is 2070. The van der Waals surface area contributed by atoms with Crippen molar-refractivity contribution in [2.75, 3.05) is 25.6 Å². The average molecular weight is 1070 g/mol. The number of carbonyl (C=O) groups is 2. The molecule has 0 aromatic carbocycles. The lowest BCUT2D eigenvalue weighted by Crippen LogP contribution is -2.36. The molecule has 19 nitrogen and oxygen atoms in total. The van der Waals surface area contributed by atoms with Gasteiger partial charge in [-0.05, 0) is 83.1 Å². The van der Waals surface area contributed by atoms with Crippen LogP contribution in [0.15, 0.2) is 102 Å². The number of esters is 2. The Hall–Kier alpha value is -4.10. The van der Waals surface area contributed by atoms with Gasteiger partial charge in [-0.15, -0.1) is 0 Å². The molecule has 73 heavy (non-hydrogen) atoms. The summed E-state index contributed by atoms with van der Waals surface area (Å²) in [5, 5.41) is 31.0. The molecule has 7 N–H and O–H groups in total. The van der Waals surface area contributed by atoms with Crippen molar-refractivity contribution in [1.29, 1.82) is 0 Å². The first kappa shape index (κ1) is 65.0. The fourth-order valence-corrected chi connectivity index (χ4v) is 9.16. The maximum absolute atomic E-state index is 12.9. The largest absolute Gasteiger partial charge is 0.481 e. The lowest BCUT2D eigenvalue weighted by molar-refractivity contribution is -0.161. The summed E-state index contributed by atoms with van der Waals surface area (Å²) in [6, 6.07) is 1.24. The molecule has 21 heteroatoms. The minimum atomic E-state index is -5.46. The highest BCUT2D eigenvalue weighted by Gasteiger charge is 2.46. The summed E-state index contributed by atoms with van der Waals surface area (Å²) >= 11 is 0. The summed E-state index contributed by atoms with van der Waals surface area (Å²) in [6.45, 7) is 1.87. The third-order valence-corrected chi connectivity index (χ3v) is 13.6. The predicted octanol–water partition coefficient (Wildman–Crippen LogP) is 9.64. The molecule has 0 amide bonds. The maximum atomic E-state index is 12.9. The number of unbranched alkanes of at least 4 members (excludes halogenated alkanes) is 11. The molecular weight excluding hydrogens is 985 g/mol. The van der Waals surface area contributed by atoms with Crippen LogP contribution < -0.4 is 11.4 Å². The number of aliphatic hydroxyl groups is 3. The first-order valence-electron chi connectivity index (χ1n) is 25.7. The van der Waals surface area contributed by atoms with Gasteiger partial charge in [-0.3, -0.25) is 23.2 Å². The van der Waals surface area contributed by atoms with Crippen LogP contribution >= 0.6 is 15.6 Å². The molecule has 0 bridgehead atoms. The number of nitrogen functional groups attached to an aromatic ring is 1. The highest BCUT2D eigenvalue weighted by atomic mass is 31.3. The number of nitrogens with zero attached hydrogens (tertiary/aromatic N) is 2. The number of aliphatic hydroxyl groups excluding tert-OH is 3. The highest BCUT2D eigenvalue weighted by Crippen LogP contribution is 2.60. The van der Waals surface area contributed by atoms with Crippen molar-refractivity contribution in [3.63, 3.8) is 0 Å². The van der Waals surface area contributed by atoms with Gasteiger partial charge in [0.15, 0.2) is 12.3 Å². The summed E-state index contributed by atoms with van der Waals surface area (Å²) in [5.74, 6) is -1.43. The van der Waals surface area contributed by atoms with Crippen molar-refractivity contribution in [2.45, 2.75) is 185 Å². The molecule has 1 aromatic heterocycles. The third-order valence-electron chi connectivity index (χ3n) is 11.0. The molecule has 1 aliphatic rings. The van der Waals surface area contributed by atoms with E-state index in [0.29, 0.717) is 32.1 Å². The molecule has 0 spiro atoms. The van der Waals surface area contributed by atoms with Crippen LogP contribution in [-0.4, -0.2) is 96.9 Å². The maximum Gasteiger partial charge on any atom is 0.481 e. The average Bonchev–Trinajstić information content (AvgIpc) is 3.62. The van der Waals surface area contributed by atoms with E-state index in [9.17, 15) is 48.6 Å². The monoisotopic (exact) mass is 1070 g/mol. The van der Waals surface area contributed by atoms with Crippen LogP contribution in [0.25, 0.3) is 0 Å². The molecular formula is C52H83N3O16P2. The second-order valence-electron chi connectivity index (χ2n) is 17.5. The van der Waals surface area contributed by atoms with E-state index in [2.05, 4.69) is 59.6 Å². The zero-order valence-corrected chi connectivity index (χ0v) is 44.6. The van der Waals surface area contributed by atoms with Crippen molar-refractivity contribution in [3.8, 4) is 0 Å². The van der Waals surface area contributed by atoms with Crippen molar-refractivity contribution >= 4 is 33.4 Å². The van der Waals surface area contributed by atoms with E-state index in [1.165, 1.54) is 25.3 Å². The van der Waals surface area contributed by atoms with Crippen LogP contribution in [0.4, 0.5) is 5.82 Å². The van der Waals surface area contributed by atoms with E-state index in [4.69, 9.17) is 29.0 Å². The number of ether oxygens (including phenoxy) is 3. The van der Waals surface area contributed by atoms with E-state index < -0.39 is 89.8 Å². The normalized spacial score (nSPS) is 20.1. The van der Waals surface area contributed by atoms with Crippen LogP contribution in [0.3, 0.4) is 0 Å². The van der Waals surface area contributed by atoms with E-state index >= 15 is 0 Å². The Morgan fingerprint density at radius 1 is 0.740 bits per heavy atom. The lowest BCUT2D eigenvalue weighted by atomic mass is 10.1. The van der Waals surface area contributed by atoms with Crippen molar-refractivity contribution in [1.82, 2.24) is 9.55 Å². The van der Waals surface area contributed by atoms with Gasteiger partial charge in [0.05, 0.1) is 19.3 Å². The van der Waals surface area contributed by atoms with Crippen LogP contribution in [0, 0.1) is 0 Å². The van der Waals surface area contributed by atoms with E-state index in [1.54, 1.807) is 12.2 Å². The number of nitrogens with two attached hydrogens (primary N) is 1. The van der Waals surface area contributed by atoms with Gasteiger partial charge >= 0.3 is 33.3 Å². The number of hydrogen-bond acceptors (Lipinski definition) is 16. The van der Waals surface area contributed by atoms with Gasteiger partial charge in [-0.1, -0.05) is 144 Å². The van der Waals surface area contributed by atoms with Gasteiger partial charge in [0.25, 0.3) is 0 Å². The Balaban J connectivity index is 1.85. The van der Waals surface area contributed by atoms with Gasteiger partial charge in [-0.25, -0.2) is 13.9 Å². The SMILES string of the molecule is CC/C=C\C/C=C\CC(O)/C=C/C=C\C/C=C\CCCC(=O)O[C@H](COC(=O)CCCCCCCCC/C=C\C/C=C\CCCCC)COP(=O)(O)OP(=O)(O)OC[C@H]1O[C@@H](n2ccc(N)nc2=O)[C@H](O)[C@@H]1O. The molecule has 1 aliphatic heterocycles. The Labute approximate surface area is 431 Å². The number of anilines is 1. The van der Waals surface area contributed by atoms with E-state index in [-0.39, 0.29) is 18.7 Å². The van der Waals surface area contributed by atoms with Crippen molar-refractivity contribution < 1.29 is 71.4 Å². The lowest BCUT2D eigenvalue weighted by Gasteiger charge is -2.21. The number of allylic oxidation sites excluding steroid dienone is 12. The first-order chi connectivity index (χ1) is 35.1. The molecule has 412 valence electrons. The number of rotatable bonds is 41. The molecule has 0 aliphatic carbocycles. The van der Waals surface area contributed by atoms with Gasteiger partial charge in [0, 0.05) is 19.0 Å². The Morgan fingerprint density at radius 2 is 1.33 bits per heavy atom. The summed E-state index contributed by atoms with van der Waals surface area (Å²) in [6.07, 6.45) is 38.3. The van der Waals surface area contributed by atoms with E-state index in [1.807, 2.05) is 36.5 Å². The second-order valence-corrected chi connectivity index (χ2v) is 20.5. The Kier molecular flexibility index (Phi) is 35.0. The topological polar surface area (TPSA) is 286 Å². The number of carbonyl (C=O) groups excluding carboxylic acids is 2. The minimum absolute atomic E-state index is 0.0662. The number of phosphoric ester groups is 2. The molecule has 3 unspecified atom stereocenters. The summed E-state index contributed by atoms with van der Waals surface area (Å²) in [4.78, 5) is 61.9. The number of hydrogen-bond donors (Lipinski definition) is 6. The summed E-state index contributed by atoms with van der Waals surface area (Å²) in [7, 11) is -10.9. The quantitative estimate of drug-likeness (QED) is 0.0117. The van der Waals surface area contributed by atoms with Crippen LogP contribution in [-0.2, 0) is 46.3 Å². The number of aromatic nitrogens is 2. The van der Waals surface area contributed by atoms with Crippen LogP contribution in [0.1, 0.15) is 155 Å². The standard InChI is InChI=1S/C52H83N3O16P2/c1-3-5-7-9-11-12-13-14-15-16-17-18-19-20-24-28-32-36-47(57)66-40-44(69-48(58)37-33-29-25-22-21-23-27-31-35-43(56)34-30-26-10-8-6-4-2)41-67-72(62,63)71-73(64,65)68-42-45-49(59)50(60)51(70-45)55-39-38-46(53)54-52(55)61/h6,8,11-12,14-15,22-23,25-27,30-31,35,38-39,43-45,49-51,56,59-60H,3-5,7,9-10,13,16-21,24,28-29,32-34,36-37,40-42H2,1-2H3,(H,62,63)(H,64,65)(H2,53,54,61)/b8-6-,12-11-,15-14-,25-22-,27-23-,30-26-,35-31+/t43?,44-,45-,49-,50-,51-/m1/s1. The van der Waals surface area contributed by atoms with Crippen molar-refractivity contribution in [2.24, 2.45) is 0 Å². The molecule has 1 aromatic rings. The molecule has 0 radical (unpaired) electrons. The van der Waals surface area contributed by atoms with Crippen LogP contribution in [0.2, 0.25) is 0 Å². The van der Waals surface area contributed by atoms with Crippen molar-refractivity contribution in [3.05, 3.63) is 108 Å². The second kappa shape index (κ2) is 39.3. The summed E-state index contributed by atoms with van der Waals surface area (Å²) < 4.78 is 56.7. The fourth-order valence-electron chi connectivity index (χ4n) is 7.05. The smallest absolute Gasteiger partial charge is 0.462 e. The molecule has 2 heterocycles. The van der Waals surface area contributed by atoms with Gasteiger partial charge in [0.1, 0.15) is 30.7 Å². The molecule has 1 saturated heterocycles. The first-order valence-corrected chi connectivity index (χ1v) is 28.7. The van der Waals surface area contributed by atoms with Crippen LogP contribution in [0.5, 0.6) is 0 Å². The Morgan fingerprint density at radius 3 is 2.00 bits per heavy atom. The van der Waals surface area contributed by atoms with E-state index in [0.717, 1.165) is 81.4 Å². The molecule has 0 saturated carbocycles. The zero-order chi connectivity index (χ0) is 53.6. The van der Waals surface area contributed by atoms with Gasteiger partial charge in [0.2, 0.25) is 0 Å². The molecule has 1 fully saturated rings. The molecule has 2 rings (SSSR count). The minimum Gasteiger partial charge on any atom is -0.462 e. The summed E-state index contributed by atoms with van der Waals surface area (Å²) in [5.41, 5.74) is 4.57. The number of phosphoric acid groups is 2. The fraction of sp³-hybridized carbons (Fsp3) is 0.615. The van der Waals surface area contributed by atoms with Gasteiger partial charge < -0.3 is 45.1 Å².